The highest BCUT2D eigenvalue weighted by Gasteiger charge is 2.10. The molecular weight excluding hydrogens is 302 g/mol. The SMILES string of the molecule is CCc1ccc(CNC(=O)COC(=O)c2ccc(C)c(C)c2)cc1. The minimum Gasteiger partial charge on any atom is -0.452 e. The summed E-state index contributed by atoms with van der Waals surface area (Å²) in [5, 5.41) is 2.75. The Hall–Kier alpha value is -2.62. The van der Waals surface area contributed by atoms with Crippen molar-refractivity contribution < 1.29 is 14.3 Å². The average molecular weight is 325 g/mol. The molecule has 0 aliphatic rings. The number of hydrogen-bond acceptors (Lipinski definition) is 3. The van der Waals surface area contributed by atoms with Gasteiger partial charge in [0, 0.05) is 6.54 Å². The van der Waals surface area contributed by atoms with Crippen LogP contribution in [0.4, 0.5) is 0 Å². The van der Waals surface area contributed by atoms with Gasteiger partial charge in [-0.15, -0.1) is 0 Å². The number of amides is 1. The molecule has 126 valence electrons. The predicted octanol–water partition coefficient (Wildman–Crippen LogP) is 3.34. The number of nitrogens with one attached hydrogen (secondary N) is 1. The summed E-state index contributed by atoms with van der Waals surface area (Å²) in [5.41, 5.74) is 4.86. The fourth-order valence-electron chi connectivity index (χ4n) is 2.23. The second-order valence-corrected chi connectivity index (χ2v) is 5.82. The van der Waals surface area contributed by atoms with Crippen LogP contribution in [0.15, 0.2) is 42.5 Å². The number of aryl methyl sites for hydroxylation is 3. The highest BCUT2D eigenvalue weighted by atomic mass is 16.5. The Kier molecular flexibility index (Phi) is 6.13. The Morgan fingerprint density at radius 1 is 0.958 bits per heavy atom. The van der Waals surface area contributed by atoms with Gasteiger partial charge in [0.2, 0.25) is 0 Å². The molecule has 4 nitrogen and oxygen atoms in total. The molecular formula is C20H23NO3. The molecule has 1 N–H and O–H groups in total. The molecule has 2 aromatic rings. The van der Waals surface area contributed by atoms with E-state index < -0.39 is 5.97 Å². The molecule has 0 spiro atoms. The predicted molar refractivity (Wildman–Crippen MR) is 93.9 cm³/mol. The molecule has 0 atom stereocenters. The summed E-state index contributed by atoms with van der Waals surface area (Å²) in [6.07, 6.45) is 0.987. The van der Waals surface area contributed by atoms with Crippen LogP contribution in [0.1, 0.15) is 39.5 Å². The molecule has 0 aliphatic carbocycles. The smallest absolute Gasteiger partial charge is 0.338 e. The lowest BCUT2D eigenvalue weighted by atomic mass is 10.1. The highest BCUT2D eigenvalue weighted by molar-refractivity contribution is 5.91. The van der Waals surface area contributed by atoms with Crippen LogP contribution in [0, 0.1) is 13.8 Å². The van der Waals surface area contributed by atoms with E-state index in [2.05, 4.69) is 12.2 Å². The number of carbonyl (C=O) groups is 2. The van der Waals surface area contributed by atoms with E-state index in [9.17, 15) is 9.59 Å². The van der Waals surface area contributed by atoms with Gasteiger partial charge in [-0.25, -0.2) is 4.79 Å². The standard InChI is InChI=1S/C20H23NO3/c1-4-16-6-8-17(9-7-16)12-21-19(22)13-24-20(23)18-10-5-14(2)15(3)11-18/h5-11H,4,12-13H2,1-3H3,(H,21,22). The molecule has 0 bridgehead atoms. The van der Waals surface area contributed by atoms with E-state index in [1.54, 1.807) is 12.1 Å². The van der Waals surface area contributed by atoms with Gasteiger partial charge in [0.15, 0.2) is 6.61 Å². The Bertz CT molecular complexity index is 720. The zero-order valence-corrected chi connectivity index (χ0v) is 14.4. The lowest BCUT2D eigenvalue weighted by molar-refractivity contribution is -0.124. The molecule has 0 radical (unpaired) electrons. The van der Waals surface area contributed by atoms with E-state index in [0.717, 1.165) is 23.1 Å². The third kappa shape index (κ3) is 4.95. The van der Waals surface area contributed by atoms with Crippen molar-refractivity contribution in [3.05, 3.63) is 70.3 Å². The van der Waals surface area contributed by atoms with Gasteiger partial charge in [0.25, 0.3) is 5.91 Å². The molecule has 0 saturated carbocycles. The molecule has 24 heavy (non-hydrogen) atoms. The third-order valence-corrected chi connectivity index (χ3v) is 4.00. The summed E-state index contributed by atoms with van der Waals surface area (Å²) < 4.78 is 5.06. The normalized spacial score (nSPS) is 10.3. The van der Waals surface area contributed by atoms with Crippen LogP contribution < -0.4 is 5.32 Å². The van der Waals surface area contributed by atoms with Crippen LogP contribution in [-0.2, 0) is 22.5 Å². The van der Waals surface area contributed by atoms with Crippen molar-refractivity contribution in [3.8, 4) is 0 Å². The molecule has 0 fully saturated rings. The van der Waals surface area contributed by atoms with E-state index in [1.165, 1.54) is 5.56 Å². The molecule has 0 saturated heterocycles. The largest absolute Gasteiger partial charge is 0.452 e. The van der Waals surface area contributed by atoms with E-state index in [4.69, 9.17) is 4.74 Å². The van der Waals surface area contributed by atoms with Crippen molar-refractivity contribution in [3.63, 3.8) is 0 Å². The van der Waals surface area contributed by atoms with Gasteiger partial charge in [-0.2, -0.15) is 0 Å². The van der Waals surface area contributed by atoms with Gasteiger partial charge in [-0.1, -0.05) is 37.3 Å². The van der Waals surface area contributed by atoms with Crippen LogP contribution in [-0.4, -0.2) is 18.5 Å². The minimum atomic E-state index is -0.486. The first-order valence-electron chi connectivity index (χ1n) is 8.08. The Balaban J connectivity index is 1.79. The summed E-state index contributed by atoms with van der Waals surface area (Å²) in [7, 11) is 0. The van der Waals surface area contributed by atoms with Gasteiger partial charge in [-0.3, -0.25) is 4.79 Å². The van der Waals surface area contributed by atoms with Crippen LogP contribution in [0.2, 0.25) is 0 Å². The number of hydrogen-bond donors (Lipinski definition) is 1. The van der Waals surface area contributed by atoms with Gasteiger partial charge in [-0.05, 0) is 54.7 Å². The molecule has 0 aliphatic heterocycles. The van der Waals surface area contributed by atoms with Crippen LogP contribution in [0.5, 0.6) is 0 Å². The molecule has 2 aromatic carbocycles. The summed E-state index contributed by atoms with van der Waals surface area (Å²) in [6.45, 7) is 6.15. The first-order valence-corrected chi connectivity index (χ1v) is 8.08. The Morgan fingerprint density at radius 3 is 2.25 bits per heavy atom. The van der Waals surface area contributed by atoms with Crippen molar-refractivity contribution in [2.75, 3.05) is 6.61 Å². The van der Waals surface area contributed by atoms with E-state index in [0.29, 0.717) is 12.1 Å². The maximum atomic E-state index is 12.0. The second kappa shape index (κ2) is 8.29. The number of ether oxygens (including phenoxy) is 1. The van der Waals surface area contributed by atoms with Crippen molar-refractivity contribution in [2.45, 2.75) is 33.7 Å². The minimum absolute atomic E-state index is 0.279. The topological polar surface area (TPSA) is 55.4 Å². The summed E-state index contributed by atoms with van der Waals surface area (Å²) in [4.78, 5) is 23.8. The number of rotatable bonds is 6. The van der Waals surface area contributed by atoms with E-state index in [-0.39, 0.29) is 12.5 Å². The maximum absolute atomic E-state index is 12.0. The van der Waals surface area contributed by atoms with E-state index in [1.807, 2.05) is 44.2 Å². The summed E-state index contributed by atoms with van der Waals surface area (Å²) in [5.74, 6) is -0.799. The maximum Gasteiger partial charge on any atom is 0.338 e. The molecule has 0 heterocycles. The zero-order chi connectivity index (χ0) is 17.5. The zero-order valence-electron chi connectivity index (χ0n) is 14.4. The third-order valence-electron chi connectivity index (χ3n) is 4.00. The molecule has 0 aromatic heterocycles. The highest BCUT2D eigenvalue weighted by Crippen LogP contribution is 2.11. The van der Waals surface area contributed by atoms with Crippen molar-refractivity contribution >= 4 is 11.9 Å². The Labute approximate surface area is 142 Å². The number of esters is 1. The van der Waals surface area contributed by atoms with Gasteiger partial charge in [0.05, 0.1) is 5.56 Å². The lowest BCUT2D eigenvalue weighted by Gasteiger charge is -2.08. The molecule has 0 unspecified atom stereocenters. The van der Waals surface area contributed by atoms with Crippen LogP contribution in [0.25, 0.3) is 0 Å². The second-order valence-electron chi connectivity index (χ2n) is 5.82. The number of carbonyl (C=O) groups excluding carboxylic acids is 2. The quantitative estimate of drug-likeness (QED) is 0.829. The average Bonchev–Trinajstić information content (AvgIpc) is 2.60. The Morgan fingerprint density at radius 2 is 1.62 bits per heavy atom. The van der Waals surface area contributed by atoms with E-state index >= 15 is 0 Å². The fourth-order valence-corrected chi connectivity index (χ4v) is 2.23. The van der Waals surface area contributed by atoms with Crippen molar-refractivity contribution in [2.24, 2.45) is 0 Å². The first-order chi connectivity index (χ1) is 11.5. The monoisotopic (exact) mass is 325 g/mol. The molecule has 2 rings (SSSR count). The fraction of sp³-hybridized carbons (Fsp3) is 0.300. The van der Waals surface area contributed by atoms with Crippen LogP contribution in [0.3, 0.4) is 0 Å². The summed E-state index contributed by atoms with van der Waals surface area (Å²) in [6, 6.07) is 13.4. The molecule has 4 heteroatoms. The lowest BCUT2D eigenvalue weighted by Crippen LogP contribution is -2.28. The number of benzene rings is 2. The van der Waals surface area contributed by atoms with Gasteiger partial charge >= 0.3 is 5.97 Å². The summed E-state index contributed by atoms with van der Waals surface area (Å²) >= 11 is 0. The molecule has 1 amide bonds. The van der Waals surface area contributed by atoms with Gasteiger partial charge in [0.1, 0.15) is 0 Å². The van der Waals surface area contributed by atoms with Gasteiger partial charge < -0.3 is 10.1 Å². The van der Waals surface area contributed by atoms with Crippen molar-refractivity contribution in [1.82, 2.24) is 5.32 Å². The van der Waals surface area contributed by atoms with Crippen LogP contribution >= 0.6 is 0 Å². The first kappa shape index (κ1) is 17.7. The van der Waals surface area contributed by atoms with Crippen molar-refractivity contribution in [1.29, 1.82) is 0 Å².